The number of halogens is 1. The van der Waals surface area contributed by atoms with Crippen molar-refractivity contribution in [3.8, 4) is 5.75 Å². The second-order valence-corrected chi connectivity index (χ2v) is 2.34. The van der Waals surface area contributed by atoms with Crippen LogP contribution in [0.15, 0.2) is 18.2 Å². The highest BCUT2D eigenvalue weighted by atomic mass is 35.5. The molecule has 3 heteroatoms. The zero-order chi connectivity index (χ0) is 6.85. The van der Waals surface area contributed by atoms with Gasteiger partial charge in [-0.05, 0) is 30.7 Å². The third kappa shape index (κ3) is 1.90. The molecule has 3 N–H and O–H groups in total. The Morgan fingerprint density at radius 2 is 2.00 bits per heavy atom. The fourth-order valence-electron chi connectivity index (χ4n) is 0.629. The Bertz CT molecular complexity index is 223. The molecule has 1 rings (SSSR count). The molecular weight excluding hydrogens is 152 g/mol. The zero-order valence-electron chi connectivity index (χ0n) is 5.56. The molecule has 0 atom stereocenters. The molecule has 0 spiro atoms. The van der Waals surface area contributed by atoms with Crippen molar-refractivity contribution in [3.63, 3.8) is 0 Å². The summed E-state index contributed by atoms with van der Waals surface area (Å²) >= 11 is 5.67. The molecule has 1 aromatic rings. The Balaban J connectivity index is 0.000000810. The first-order chi connectivity index (χ1) is 4.20. The SMILES string of the molecule is Cc1cc(O)ccc1Cl.O. The molecular formula is C7H9ClO2. The smallest absolute Gasteiger partial charge is 0.115 e. The van der Waals surface area contributed by atoms with Crippen LogP contribution in [0.2, 0.25) is 5.02 Å². The third-order valence-corrected chi connectivity index (χ3v) is 1.57. The Morgan fingerprint density at radius 1 is 1.40 bits per heavy atom. The lowest BCUT2D eigenvalue weighted by Crippen LogP contribution is -1.71. The molecule has 0 amide bonds. The van der Waals surface area contributed by atoms with E-state index >= 15 is 0 Å². The summed E-state index contributed by atoms with van der Waals surface area (Å²) in [5.74, 6) is 0.261. The summed E-state index contributed by atoms with van der Waals surface area (Å²) in [6.45, 7) is 1.85. The topological polar surface area (TPSA) is 51.7 Å². The van der Waals surface area contributed by atoms with E-state index in [2.05, 4.69) is 0 Å². The molecule has 0 saturated carbocycles. The van der Waals surface area contributed by atoms with Crippen molar-refractivity contribution >= 4 is 11.6 Å². The lowest BCUT2D eigenvalue weighted by Gasteiger charge is -1.95. The Morgan fingerprint density at radius 3 is 2.40 bits per heavy atom. The van der Waals surface area contributed by atoms with Crippen molar-refractivity contribution in [1.82, 2.24) is 0 Å². The van der Waals surface area contributed by atoms with E-state index in [-0.39, 0.29) is 11.2 Å². The number of benzene rings is 1. The molecule has 0 unspecified atom stereocenters. The first kappa shape index (κ1) is 9.27. The van der Waals surface area contributed by atoms with Gasteiger partial charge in [0.15, 0.2) is 0 Å². The molecule has 0 bridgehead atoms. The van der Waals surface area contributed by atoms with E-state index in [0.29, 0.717) is 5.02 Å². The normalized spacial score (nSPS) is 8.60. The van der Waals surface area contributed by atoms with Gasteiger partial charge in [-0.3, -0.25) is 0 Å². The van der Waals surface area contributed by atoms with Crippen LogP contribution >= 0.6 is 11.6 Å². The Hall–Kier alpha value is -0.730. The predicted octanol–water partition coefficient (Wildman–Crippen LogP) is 1.53. The summed E-state index contributed by atoms with van der Waals surface area (Å²) in [5.41, 5.74) is 0.900. The van der Waals surface area contributed by atoms with Gasteiger partial charge in [0.1, 0.15) is 5.75 Å². The number of phenolic OH excluding ortho intramolecular Hbond substituents is 1. The maximum atomic E-state index is 8.88. The van der Waals surface area contributed by atoms with E-state index in [1.165, 1.54) is 0 Å². The van der Waals surface area contributed by atoms with Crippen molar-refractivity contribution < 1.29 is 10.6 Å². The second kappa shape index (κ2) is 3.44. The van der Waals surface area contributed by atoms with Crippen LogP contribution in [0.3, 0.4) is 0 Å². The quantitative estimate of drug-likeness (QED) is 0.615. The van der Waals surface area contributed by atoms with Crippen LogP contribution in [0.1, 0.15) is 5.56 Å². The van der Waals surface area contributed by atoms with Crippen LogP contribution in [0.5, 0.6) is 5.75 Å². The van der Waals surface area contributed by atoms with Crippen LogP contribution < -0.4 is 0 Å². The van der Waals surface area contributed by atoms with Gasteiger partial charge in [0, 0.05) is 5.02 Å². The number of phenols is 1. The van der Waals surface area contributed by atoms with Gasteiger partial charge in [-0.25, -0.2) is 0 Å². The lowest BCUT2D eigenvalue weighted by molar-refractivity contribution is 0.475. The Labute approximate surface area is 64.4 Å². The monoisotopic (exact) mass is 160 g/mol. The van der Waals surface area contributed by atoms with Gasteiger partial charge in [-0.1, -0.05) is 11.6 Å². The van der Waals surface area contributed by atoms with Crippen LogP contribution in [0.4, 0.5) is 0 Å². The number of aromatic hydroxyl groups is 1. The summed E-state index contributed by atoms with van der Waals surface area (Å²) in [4.78, 5) is 0. The van der Waals surface area contributed by atoms with E-state index in [1.807, 2.05) is 6.92 Å². The molecule has 56 valence electrons. The second-order valence-electron chi connectivity index (χ2n) is 1.93. The number of aryl methyl sites for hydroxylation is 1. The van der Waals surface area contributed by atoms with Gasteiger partial charge in [0.2, 0.25) is 0 Å². The van der Waals surface area contributed by atoms with Crippen molar-refractivity contribution in [1.29, 1.82) is 0 Å². The molecule has 1 aromatic carbocycles. The van der Waals surface area contributed by atoms with Crippen molar-refractivity contribution in [2.24, 2.45) is 0 Å². The maximum absolute atomic E-state index is 8.88. The molecule has 0 radical (unpaired) electrons. The van der Waals surface area contributed by atoms with E-state index in [0.717, 1.165) is 5.56 Å². The molecule has 10 heavy (non-hydrogen) atoms. The average molecular weight is 161 g/mol. The minimum absolute atomic E-state index is 0. The number of rotatable bonds is 0. The van der Waals surface area contributed by atoms with E-state index in [9.17, 15) is 0 Å². The predicted molar refractivity (Wildman–Crippen MR) is 41.5 cm³/mol. The highest BCUT2D eigenvalue weighted by Crippen LogP contribution is 2.19. The van der Waals surface area contributed by atoms with Crippen LogP contribution in [-0.4, -0.2) is 10.6 Å². The molecule has 0 aliphatic rings. The Kier molecular flexibility index (Phi) is 3.19. The maximum Gasteiger partial charge on any atom is 0.115 e. The lowest BCUT2D eigenvalue weighted by atomic mass is 10.2. The fraction of sp³-hybridized carbons (Fsp3) is 0.143. The van der Waals surface area contributed by atoms with Crippen molar-refractivity contribution in [3.05, 3.63) is 28.8 Å². The summed E-state index contributed by atoms with van der Waals surface area (Å²) in [5, 5.41) is 9.57. The van der Waals surface area contributed by atoms with Gasteiger partial charge < -0.3 is 10.6 Å². The fourth-order valence-corrected chi connectivity index (χ4v) is 0.746. The van der Waals surface area contributed by atoms with E-state index in [4.69, 9.17) is 16.7 Å². The van der Waals surface area contributed by atoms with Gasteiger partial charge in [0.25, 0.3) is 0 Å². The standard InChI is InChI=1S/C7H7ClO.H2O/c1-5-4-6(9)2-3-7(5)8;/h2-4,9H,1H3;1H2. The van der Waals surface area contributed by atoms with Crippen LogP contribution in [0.25, 0.3) is 0 Å². The van der Waals surface area contributed by atoms with E-state index in [1.54, 1.807) is 18.2 Å². The largest absolute Gasteiger partial charge is 0.508 e. The van der Waals surface area contributed by atoms with Crippen molar-refractivity contribution in [2.75, 3.05) is 0 Å². The molecule has 2 nitrogen and oxygen atoms in total. The number of hydrogen-bond donors (Lipinski definition) is 1. The van der Waals surface area contributed by atoms with Crippen LogP contribution in [-0.2, 0) is 0 Å². The van der Waals surface area contributed by atoms with Gasteiger partial charge in [-0.15, -0.1) is 0 Å². The highest BCUT2D eigenvalue weighted by molar-refractivity contribution is 6.31. The third-order valence-electron chi connectivity index (χ3n) is 1.14. The molecule has 0 saturated heterocycles. The molecule has 0 aliphatic heterocycles. The van der Waals surface area contributed by atoms with Gasteiger partial charge in [-0.2, -0.15) is 0 Å². The molecule has 0 aromatic heterocycles. The summed E-state index contributed by atoms with van der Waals surface area (Å²) in [7, 11) is 0. The molecule has 0 heterocycles. The zero-order valence-corrected chi connectivity index (χ0v) is 6.31. The molecule has 0 fully saturated rings. The molecule has 0 aliphatic carbocycles. The van der Waals surface area contributed by atoms with Gasteiger partial charge in [0.05, 0.1) is 0 Å². The van der Waals surface area contributed by atoms with Crippen molar-refractivity contribution in [2.45, 2.75) is 6.92 Å². The number of hydrogen-bond acceptors (Lipinski definition) is 1. The summed E-state index contributed by atoms with van der Waals surface area (Å²) in [6.07, 6.45) is 0. The summed E-state index contributed by atoms with van der Waals surface area (Å²) < 4.78 is 0. The van der Waals surface area contributed by atoms with Gasteiger partial charge >= 0.3 is 0 Å². The summed E-state index contributed by atoms with van der Waals surface area (Å²) in [6, 6.07) is 4.86. The first-order valence-electron chi connectivity index (χ1n) is 2.65. The average Bonchev–Trinajstić information content (AvgIpc) is 1.80. The minimum atomic E-state index is 0. The first-order valence-corrected chi connectivity index (χ1v) is 3.03. The van der Waals surface area contributed by atoms with E-state index < -0.39 is 0 Å². The minimum Gasteiger partial charge on any atom is -0.508 e. The highest BCUT2D eigenvalue weighted by Gasteiger charge is 1.92. The van der Waals surface area contributed by atoms with Crippen LogP contribution in [0, 0.1) is 6.92 Å².